The fraction of sp³-hybridized carbons (Fsp3) is 0.538. The zero-order valence-electron chi connectivity index (χ0n) is 9.61. The molecule has 1 aromatic carbocycles. The average molecular weight is 207 g/mol. The van der Waals surface area contributed by atoms with Gasteiger partial charge in [-0.3, -0.25) is 0 Å². The Morgan fingerprint density at radius 1 is 1.20 bits per heavy atom. The smallest absolute Gasteiger partial charge is 0.0581 e. The molecule has 15 heavy (non-hydrogen) atoms. The van der Waals surface area contributed by atoms with Crippen molar-refractivity contribution < 1.29 is 5.11 Å². The molecule has 1 unspecified atom stereocenters. The predicted octanol–water partition coefficient (Wildman–Crippen LogP) is 2.15. The molecule has 1 aromatic rings. The number of hydrogen-bond donors (Lipinski definition) is 2. The third-order valence-corrected chi connectivity index (χ3v) is 2.71. The lowest BCUT2D eigenvalue weighted by molar-refractivity contribution is 0.251. The van der Waals surface area contributed by atoms with Gasteiger partial charge in [0.2, 0.25) is 0 Å². The van der Waals surface area contributed by atoms with E-state index in [0.717, 1.165) is 13.0 Å². The Bertz CT molecular complexity index is 260. The second-order valence-corrected chi connectivity index (χ2v) is 4.14. The van der Waals surface area contributed by atoms with E-state index in [0.29, 0.717) is 5.92 Å². The zero-order valence-corrected chi connectivity index (χ0v) is 9.61. The van der Waals surface area contributed by atoms with Crippen molar-refractivity contribution in [1.82, 2.24) is 5.32 Å². The van der Waals surface area contributed by atoms with E-state index in [1.54, 1.807) is 0 Å². The van der Waals surface area contributed by atoms with E-state index < -0.39 is 0 Å². The molecule has 2 nitrogen and oxygen atoms in total. The van der Waals surface area contributed by atoms with Gasteiger partial charge in [-0.1, -0.05) is 37.3 Å². The van der Waals surface area contributed by atoms with Crippen molar-refractivity contribution in [3.05, 3.63) is 35.9 Å². The molecule has 0 heterocycles. The Morgan fingerprint density at radius 3 is 2.47 bits per heavy atom. The minimum Gasteiger partial charge on any atom is -0.395 e. The third kappa shape index (κ3) is 4.45. The fourth-order valence-corrected chi connectivity index (χ4v) is 1.56. The lowest BCUT2D eigenvalue weighted by Crippen LogP contribution is -2.30. The van der Waals surface area contributed by atoms with Crippen LogP contribution in [0.2, 0.25) is 0 Å². The minimum absolute atomic E-state index is 0.202. The van der Waals surface area contributed by atoms with Crippen LogP contribution in [-0.4, -0.2) is 24.3 Å². The standard InChI is InChI=1S/C13H21NO/c1-11(8-9-14-12(2)10-15)13-6-4-3-5-7-13/h3-7,11-12,14-15H,8-10H2,1-2H3/t11?,12-/m0/s1. The molecule has 0 radical (unpaired) electrons. The molecule has 0 fully saturated rings. The quantitative estimate of drug-likeness (QED) is 0.749. The maximum absolute atomic E-state index is 8.85. The van der Waals surface area contributed by atoms with Crippen LogP contribution in [0.1, 0.15) is 31.7 Å². The van der Waals surface area contributed by atoms with Gasteiger partial charge in [-0.2, -0.15) is 0 Å². The van der Waals surface area contributed by atoms with Gasteiger partial charge in [0.1, 0.15) is 0 Å². The maximum atomic E-state index is 8.85. The molecule has 0 aliphatic heterocycles. The summed E-state index contributed by atoms with van der Waals surface area (Å²) in [5.74, 6) is 0.574. The first-order chi connectivity index (χ1) is 7.24. The Morgan fingerprint density at radius 2 is 1.87 bits per heavy atom. The number of rotatable bonds is 6. The predicted molar refractivity (Wildman–Crippen MR) is 64.0 cm³/mol. The van der Waals surface area contributed by atoms with Crippen LogP contribution < -0.4 is 5.32 Å². The summed E-state index contributed by atoms with van der Waals surface area (Å²) >= 11 is 0. The molecule has 84 valence electrons. The van der Waals surface area contributed by atoms with Gasteiger partial charge in [-0.05, 0) is 31.4 Å². The summed E-state index contributed by atoms with van der Waals surface area (Å²) in [5, 5.41) is 12.1. The Hall–Kier alpha value is -0.860. The SMILES string of the molecule is CC(CCN[C@@H](C)CO)c1ccccc1. The second kappa shape index (κ2) is 6.59. The lowest BCUT2D eigenvalue weighted by Gasteiger charge is -2.14. The highest BCUT2D eigenvalue weighted by Crippen LogP contribution is 2.17. The Labute approximate surface area is 92.3 Å². The van der Waals surface area contributed by atoms with E-state index in [1.807, 2.05) is 13.0 Å². The van der Waals surface area contributed by atoms with E-state index in [2.05, 4.69) is 36.5 Å². The van der Waals surface area contributed by atoms with Crippen molar-refractivity contribution in [2.24, 2.45) is 0 Å². The summed E-state index contributed by atoms with van der Waals surface area (Å²) < 4.78 is 0. The molecular weight excluding hydrogens is 186 g/mol. The van der Waals surface area contributed by atoms with Gasteiger partial charge in [-0.25, -0.2) is 0 Å². The molecule has 1 rings (SSSR count). The van der Waals surface area contributed by atoms with Crippen LogP contribution in [0.25, 0.3) is 0 Å². The van der Waals surface area contributed by atoms with Crippen molar-refractivity contribution in [3.63, 3.8) is 0 Å². The molecule has 0 spiro atoms. The van der Waals surface area contributed by atoms with Gasteiger partial charge < -0.3 is 10.4 Å². The van der Waals surface area contributed by atoms with Crippen molar-refractivity contribution in [2.75, 3.05) is 13.2 Å². The molecule has 0 saturated carbocycles. The Kier molecular flexibility index (Phi) is 5.37. The van der Waals surface area contributed by atoms with Gasteiger partial charge >= 0.3 is 0 Å². The van der Waals surface area contributed by atoms with Crippen molar-refractivity contribution >= 4 is 0 Å². The summed E-state index contributed by atoms with van der Waals surface area (Å²) in [4.78, 5) is 0. The monoisotopic (exact) mass is 207 g/mol. The van der Waals surface area contributed by atoms with E-state index >= 15 is 0 Å². The van der Waals surface area contributed by atoms with Crippen molar-refractivity contribution in [3.8, 4) is 0 Å². The number of nitrogens with one attached hydrogen (secondary N) is 1. The Balaban J connectivity index is 2.28. The van der Waals surface area contributed by atoms with Crippen LogP contribution in [0, 0.1) is 0 Å². The van der Waals surface area contributed by atoms with E-state index in [9.17, 15) is 0 Å². The van der Waals surface area contributed by atoms with Crippen molar-refractivity contribution in [1.29, 1.82) is 0 Å². The van der Waals surface area contributed by atoms with Crippen LogP contribution in [0.4, 0.5) is 0 Å². The van der Waals surface area contributed by atoms with Crippen LogP contribution in [0.5, 0.6) is 0 Å². The van der Waals surface area contributed by atoms with E-state index in [1.165, 1.54) is 5.56 Å². The van der Waals surface area contributed by atoms with Gasteiger partial charge in [0.15, 0.2) is 0 Å². The first kappa shape index (κ1) is 12.2. The number of hydrogen-bond acceptors (Lipinski definition) is 2. The lowest BCUT2D eigenvalue weighted by atomic mass is 9.98. The number of aliphatic hydroxyl groups excluding tert-OH is 1. The summed E-state index contributed by atoms with van der Waals surface area (Å²) in [6.07, 6.45) is 1.11. The van der Waals surface area contributed by atoms with Crippen LogP contribution in [-0.2, 0) is 0 Å². The van der Waals surface area contributed by atoms with Gasteiger partial charge in [0.25, 0.3) is 0 Å². The summed E-state index contributed by atoms with van der Waals surface area (Å²) in [6, 6.07) is 10.7. The third-order valence-electron chi connectivity index (χ3n) is 2.71. The number of benzene rings is 1. The average Bonchev–Trinajstić information content (AvgIpc) is 2.29. The molecule has 0 aliphatic carbocycles. The molecule has 2 heteroatoms. The number of aliphatic hydroxyl groups is 1. The van der Waals surface area contributed by atoms with Crippen molar-refractivity contribution in [2.45, 2.75) is 32.2 Å². The first-order valence-electron chi connectivity index (χ1n) is 5.63. The van der Waals surface area contributed by atoms with Crippen LogP contribution >= 0.6 is 0 Å². The topological polar surface area (TPSA) is 32.3 Å². The minimum atomic E-state index is 0.202. The molecule has 0 saturated heterocycles. The van der Waals surface area contributed by atoms with E-state index in [4.69, 9.17) is 5.11 Å². The summed E-state index contributed by atoms with van der Waals surface area (Å²) in [6.45, 7) is 5.39. The van der Waals surface area contributed by atoms with Crippen LogP contribution in [0.15, 0.2) is 30.3 Å². The highest BCUT2D eigenvalue weighted by molar-refractivity contribution is 5.18. The van der Waals surface area contributed by atoms with E-state index in [-0.39, 0.29) is 12.6 Å². The molecule has 0 amide bonds. The molecule has 0 bridgehead atoms. The van der Waals surface area contributed by atoms with Gasteiger partial charge in [0, 0.05) is 6.04 Å². The normalized spacial score (nSPS) is 14.9. The largest absolute Gasteiger partial charge is 0.395 e. The molecule has 2 N–H and O–H groups in total. The maximum Gasteiger partial charge on any atom is 0.0581 e. The summed E-state index contributed by atoms with van der Waals surface area (Å²) in [5.41, 5.74) is 1.39. The first-order valence-corrected chi connectivity index (χ1v) is 5.63. The highest BCUT2D eigenvalue weighted by atomic mass is 16.3. The molecular formula is C13H21NO. The molecule has 0 aliphatic rings. The second-order valence-electron chi connectivity index (χ2n) is 4.14. The zero-order chi connectivity index (χ0) is 11.1. The molecule has 2 atom stereocenters. The fourth-order valence-electron chi connectivity index (χ4n) is 1.56. The van der Waals surface area contributed by atoms with Crippen LogP contribution in [0.3, 0.4) is 0 Å². The van der Waals surface area contributed by atoms with Gasteiger partial charge in [0.05, 0.1) is 6.61 Å². The molecule has 0 aromatic heterocycles. The summed E-state index contributed by atoms with van der Waals surface area (Å²) in [7, 11) is 0. The van der Waals surface area contributed by atoms with Gasteiger partial charge in [-0.15, -0.1) is 0 Å². The highest BCUT2D eigenvalue weighted by Gasteiger charge is 2.05.